The summed E-state index contributed by atoms with van der Waals surface area (Å²) in [6, 6.07) is 0. The summed E-state index contributed by atoms with van der Waals surface area (Å²) >= 11 is 0. The van der Waals surface area contributed by atoms with Crippen molar-refractivity contribution in [3.05, 3.63) is 24.6 Å². The van der Waals surface area contributed by atoms with E-state index in [0.29, 0.717) is 12.8 Å². The molecule has 1 fully saturated rings. The third-order valence-electron chi connectivity index (χ3n) is 5.81. The van der Waals surface area contributed by atoms with Gasteiger partial charge in [0.15, 0.2) is 0 Å². The minimum absolute atomic E-state index is 0.193. The van der Waals surface area contributed by atoms with Crippen LogP contribution in [0.1, 0.15) is 84.0 Å². The van der Waals surface area contributed by atoms with Crippen molar-refractivity contribution < 1.29 is 24.5 Å². The lowest BCUT2D eigenvalue weighted by Gasteiger charge is -2.25. The number of rotatable bonds is 14. The predicted octanol–water partition coefficient (Wildman–Crippen LogP) is 5.15. The van der Waals surface area contributed by atoms with Crippen LogP contribution in [0.3, 0.4) is 0 Å². The molecule has 27 heavy (non-hydrogen) atoms. The Labute approximate surface area is 163 Å². The highest BCUT2D eigenvalue weighted by Crippen LogP contribution is 2.37. The molecular weight excluding hydrogens is 347 g/mol. The fraction of sp³-hybridized carbons (Fsp3) is 0.773. The lowest BCUT2D eigenvalue weighted by molar-refractivity contribution is -0.137. The van der Waals surface area contributed by atoms with Gasteiger partial charge in [-0.25, -0.2) is 4.39 Å². The van der Waals surface area contributed by atoms with E-state index in [1.54, 1.807) is 0 Å². The number of unbranched alkanes of at least 4 members (excludes halogenated alkanes) is 4. The number of carboxylic acids is 1. The monoisotopic (exact) mass is 384 g/mol. The second kappa shape index (κ2) is 12.3. The zero-order chi connectivity index (χ0) is 20.3. The highest BCUT2D eigenvalue weighted by atomic mass is 19.1. The lowest BCUT2D eigenvalue weighted by Crippen LogP contribution is -2.28. The standard InChI is InChI=1S/C22H37FO4/c1-3-4-15-22(27,17(2)23)16-9-10-18-13-14-20(24)19(18)11-7-5-6-8-12-21(25)26/h9-10,18-20,24,27H,2-8,11-16H2,1H3,(H,25,26)/t18-,19+,20+,22?/m0/s1. The van der Waals surface area contributed by atoms with Gasteiger partial charge in [-0.05, 0) is 43.9 Å². The Bertz CT molecular complexity index is 491. The molecule has 3 N–H and O–H groups in total. The van der Waals surface area contributed by atoms with Crippen LogP contribution in [-0.4, -0.2) is 33.0 Å². The van der Waals surface area contributed by atoms with Gasteiger partial charge in [-0.3, -0.25) is 4.79 Å². The van der Waals surface area contributed by atoms with Crippen molar-refractivity contribution in [1.29, 1.82) is 0 Å². The maximum Gasteiger partial charge on any atom is 0.303 e. The van der Waals surface area contributed by atoms with Crippen molar-refractivity contribution in [3.63, 3.8) is 0 Å². The van der Waals surface area contributed by atoms with Crippen molar-refractivity contribution >= 4 is 5.97 Å². The Morgan fingerprint density at radius 2 is 1.93 bits per heavy atom. The summed E-state index contributed by atoms with van der Waals surface area (Å²) in [5.74, 6) is -0.980. The normalized spacial score (nSPS) is 25.0. The van der Waals surface area contributed by atoms with Gasteiger partial charge in [0.25, 0.3) is 0 Å². The topological polar surface area (TPSA) is 77.8 Å². The molecule has 1 aliphatic carbocycles. The second-order valence-electron chi connectivity index (χ2n) is 7.99. The molecule has 1 rings (SSSR count). The molecule has 1 saturated carbocycles. The van der Waals surface area contributed by atoms with Crippen LogP contribution in [0.5, 0.6) is 0 Å². The molecule has 0 aromatic carbocycles. The average molecular weight is 385 g/mol. The molecule has 0 bridgehead atoms. The third-order valence-corrected chi connectivity index (χ3v) is 5.81. The number of hydrogen-bond donors (Lipinski definition) is 3. The summed E-state index contributed by atoms with van der Waals surface area (Å²) in [7, 11) is 0. The van der Waals surface area contributed by atoms with Gasteiger partial charge in [-0.15, -0.1) is 0 Å². The number of aliphatic hydroxyl groups excluding tert-OH is 1. The Balaban J connectivity index is 2.46. The Hall–Kier alpha value is -1.20. The average Bonchev–Trinajstić information content (AvgIpc) is 2.96. The van der Waals surface area contributed by atoms with Gasteiger partial charge < -0.3 is 15.3 Å². The van der Waals surface area contributed by atoms with Crippen LogP contribution < -0.4 is 0 Å². The fourth-order valence-corrected chi connectivity index (χ4v) is 3.99. The number of carboxylic acid groups (broad SMARTS) is 1. The lowest BCUT2D eigenvalue weighted by atomic mass is 9.87. The van der Waals surface area contributed by atoms with Gasteiger partial charge in [-0.2, -0.15) is 0 Å². The molecule has 0 heterocycles. The van der Waals surface area contributed by atoms with E-state index in [9.17, 15) is 19.4 Å². The second-order valence-corrected chi connectivity index (χ2v) is 7.99. The molecule has 0 radical (unpaired) electrons. The quantitative estimate of drug-likeness (QED) is 0.286. The van der Waals surface area contributed by atoms with E-state index in [4.69, 9.17) is 5.11 Å². The fourth-order valence-electron chi connectivity index (χ4n) is 3.99. The van der Waals surface area contributed by atoms with Gasteiger partial charge >= 0.3 is 5.97 Å². The third kappa shape index (κ3) is 8.56. The highest BCUT2D eigenvalue weighted by Gasteiger charge is 2.33. The van der Waals surface area contributed by atoms with E-state index in [2.05, 4.69) is 6.58 Å². The molecule has 5 heteroatoms. The van der Waals surface area contributed by atoms with Crippen molar-refractivity contribution in [2.24, 2.45) is 11.8 Å². The van der Waals surface area contributed by atoms with Gasteiger partial charge in [0.05, 0.1) is 6.10 Å². The molecule has 0 aromatic rings. The van der Waals surface area contributed by atoms with E-state index in [0.717, 1.165) is 51.4 Å². The van der Waals surface area contributed by atoms with Crippen LogP contribution in [0.2, 0.25) is 0 Å². The highest BCUT2D eigenvalue weighted by molar-refractivity contribution is 5.66. The summed E-state index contributed by atoms with van der Waals surface area (Å²) in [6.07, 6.45) is 12.2. The zero-order valence-electron chi connectivity index (χ0n) is 16.7. The number of carbonyl (C=O) groups is 1. The number of aliphatic hydroxyl groups is 2. The van der Waals surface area contributed by atoms with E-state index < -0.39 is 17.4 Å². The predicted molar refractivity (Wildman–Crippen MR) is 106 cm³/mol. The summed E-state index contributed by atoms with van der Waals surface area (Å²) in [4.78, 5) is 10.5. The molecular formula is C22H37FO4. The maximum atomic E-state index is 13.7. The van der Waals surface area contributed by atoms with Gasteiger partial charge in [0.1, 0.15) is 11.4 Å². The first-order valence-corrected chi connectivity index (χ1v) is 10.4. The maximum absolute atomic E-state index is 13.7. The van der Waals surface area contributed by atoms with Crippen LogP contribution in [0, 0.1) is 11.8 Å². The number of allylic oxidation sites excluding steroid dienone is 1. The SMILES string of the molecule is C=C(F)C(O)(CC=C[C@H]1CC[C@@H](O)[C@@H]1CCCCCCC(=O)O)CCCC. The molecule has 0 spiro atoms. The summed E-state index contributed by atoms with van der Waals surface area (Å²) < 4.78 is 13.7. The van der Waals surface area contributed by atoms with Crippen LogP contribution in [0.25, 0.3) is 0 Å². The smallest absolute Gasteiger partial charge is 0.303 e. The summed E-state index contributed by atoms with van der Waals surface area (Å²) in [6.45, 7) is 5.31. The molecule has 0 aromatic heterocycles. The molecule has 4 atom stereocenters. The van der Waals surface area contributed by atoms with Crippen LogP contribution in [0.4, 0.5) is 4.39 Å². The summed E-state index contributed by atoms with van der Waals surface area (Å²) in [5, 5.41) is 29.4. The Kier molecular flexibility index (Phi) is 10.9. The number of hydrogen-bond acceptors (Lipinski definition) is 3. The van der Waals surface area contributed by atoms with Crippen molar-refractivity contribution in [2.45, 2.75) is 95.7 Å². The first kappa shape index (κ1) is 23.8. The van der Waals surface area contributed by atoms with Crippen molar-refractivity contribution in [3.8, 4) is 0 Å². The first-order chi connectivity index (χ1) is 12.8. The molecule has 4 nitrogen and oxygen atoms in total. The number of halogens is 1. The zero-order valence-corrected chi connectivity index (χ0v) is 16.7. The van der Waals surface area contributed by atoms with Crippen molar-refractivity contribution in [2.75, 3.05) is 0 Å². The van der Waals surface area contributed by atoms with Gasteiger partial charge in [0, 0.05) is 12.8 Å². The minimum atomic E-state index is -1.48. The van der Waals surface area contributed by atoms with Gasteiger partial charge in [-0.1, -0.05) is 57.8 Å². The first-order valence-electron chi connectivity index (χ1n) is 10.4. The largest absolute Gasteiger partial charge is 0.481 e. The molecule has 0 saturated heterocycles. The van der Waals surface area contributed by atoms with Crippen LogP contribution >= 0.6 is 0 Å². The van der Waals surface area contributed by atoms with Crippen LogP contribution in [0.15, 0.2) is 24.6 Å². The van der Waals surface area contributed by atoms with Crippen LogP contribution in [-0.2, 0) is 4.79 Å². The number of aliphatic carboxylic acids is 1. The molecule has 156 valence electrons. The van der Waals surface area contributed by atoms with E-state index in [1.165, 1.54) is 0 Å². The molecule has 1 aliphatic rings. The Morgan fingerprint density at radius 1 is 1.22 bits per heavy atom. The molecule has 0 amide bonds. The van der Waals surface area contributed by atoms with E-state index in [-0.39, 0.29) is 30.8 Å². The Morgan fingerprint density at radius 3 is 2.56 bits per heavy atom. The molecule has 1 unspecified atom stereocenters. The van der Waals surface area contributed by atoms with E-state index in [1.807, 2.05) is 19.1 Å². The van der Waals surface area contributed by atoms with Gasteiger partial charge in [0.2, 0.25) is 0 Å². The summed E-state index contributed by atoms with van der Waals surface area (Å²) in [5.41, 5.74) is -1.48. The van der Waals surface area contributed by atoms with E-state index >= 15 is 0 Å². The minimum Gasteiger partial charge on any atom is -0.481 e. The molecule has 0 aliphatic heterocycles. The van der Waals surface area contributed by atoms with Crippen molar-refractivity contribution in [1.82, 2.24) is 0 Å².